The van der Waals surface area contributed by atoms with Crippen LogP contribution in [0.2, 0.25) is 0 Å². The minimum atomic E-state index is -2.14. The zero-order valence-electron chi connectivity index (χ0n) is 26.9. The summed E-state index contributed by atoms with van der Waals surface area (Å²) in [5.74, 6) is -3.45. The average molecular weight is 686 g/mol. The maximum Gasteiger partial charge on any atom is 0.336 e. The van der Waals surface area contributed by atoms with E-state index in [1.165, 1.54) is 42.5 Å². The van der Waals surface area contributed by atoms with Crippen LogP contribution in [0.15, 0.2) is 42.5 Å². The molecule has 14 heteroatoms. The van der Waals surface area contributed by atoms with Crippen LogP contribution >= 0.6 is 0 Å². The number of ether oxygens (including phenoxy) is 3. The first-order valence-corrected chi connectivity index (χ1v) is 16.0. The van der Waals surface area contributed by atoms with Gasteiger partial charge < -0.3 is 55.7 Å². The van der Waals surface area contributed by atoms with Gasteiger partial charge in [0.15, 0.2) is 40.2 Å². The summed E-state index contributed by atoms with van der Waals surface area (Å²) in [6.07, 6.45) is 1.99. The molecule has 2 aliphatic rings. The van der Waals surface area contributed by atoms with Crippen molar-refractivity contribution in [2.75, 3.05) is 19.8 Å². The number of carbonyl (C=O) groups excluding carboxylic acids is 2. The smallest absolute Gasteiger partial charge is 0.336 e. The van der Waals surface area contributed by atoms with Gasteiger partial charge in [-0.15, -0.1) is 0 Å². The van der Waals surface area contributed by atoms with Gasteiger partial charge >= 0.3 is 5.97 Å². The first-order chi connectivity index (χ1) is 23.3. The van der Waals surface area contributed by atoms with Gasteiger partial charge in [-0.2, -0.15) is 0 Å². The third-order valence-electron chi connectivity index (χ3n) is 8.85. The van der Waals surface area contributed by atoms with E-state index < -0.39 is 84.6 Å². The molecular formula is C35H43NO13. The van der Waals surface area contributed by atoms with Crippen molar-refractivity contribution in [2.24, 2.45) is 5.73 Å². The number of ketones is 2. The largest absolute Gasteiger partial charge is 0.504 e. The highest BCUT2D eigenvalue weighted by Crippen LogP contribution is 2.41. The zero-order valence-corrected chi connectivity index (χ0v) is 26.9. The Hall–Kier alpha value is -4.31. The molecule has 266 valence electrons. The molecule has 2 aliphatic carbocycles. The van der Waals surface area contributed by atoms with Crippen LogP contribution < -0.4 is 10.5 Å². The molecule has 0 spiro atoms. The molecule has 0 saturated heterocycles. The SMILES string of the molecule is NCCOc1ccc(C=CC(=O)CO[C@]2(C(=O)O)C[C@@H](O)[C@@H](O)[C@H](OC3(C(=O)C=Cc4cc(O)c(O)cc4CO)CCCCC3)C2)cc1O. The summed E-state index contributed by atoms with van der Waals surface area (Å²) in [7, 11) is 0. The van der Waals surface area contributed by atoms with Crippen LogP contribution in [0.5, 0.6) is 23.0 Å². The molecule has 0 aromatic heterocycles. The number of rotatable bonds is 15. The van der Waals surface area contributed by atoms with E-state index in [0.29, 0.717) is 18.4 Å². The second-order valence-corrected chi connectivity index (χ2v) is 12.3. The molecule has 0 bridgehead atoms. The summed E-state index contributed by atoms with van der Waals surface area (Å²) in [6, 6.07) is 6.82. The first-order valence-electron chi connectivity index (χ1n) is 16.0. The van der Waals surface area contributed by atoms with Gasteiger partial charge in [0.05, 0.1) is 18.8 Å². The number of benzene rings is 2. The molecule has 2 aromatic rings. The van der Waals surface area contributed by atoms with E-state index in [9.17, 15) is 50.1 Å². The van der Waals surface area contributed by atoms with E-state index in [1.54, 1.807) is 6.07 Å². The van der Waals surface area contributed by atoms with Gasteiger partial charge in [-0.3, -0.25) is 9.59 Å². The number of carboxylic acids is 1. The van der Waals surface area contributed by atoms with Crippen molar-refractivity contribution < 1.29 is 64.3 Å². The molecule has 0 amide bonds. The fraction of sp³-hybridized carbons (Fsp3) is 0.457. The quantitative estimate of drug-likeness (QED) is 0.0987. The number of nitrogens with two attached hydrogens (primary N) is 1. The third kappa shape index (κ3) is 9.03. The van der Waals surface area contributed by atoms with Crippen molar-refractivity contribution in [3.05, 3.63) is 59.2 Å². The second-order valence-electron chi connectivity index (χ2n) is 12.3. The highest BCUT2D eigenvalue weighted by Gasteiger charge is 2.54. The maximum atomic E-state index is 13.7. The maximum absolute atomic E-state index is 13.7. The number of aliphatic carboxylic acids is 1. The Bertz CT molecular complexity index is 1560. The zero-order chi connectivity index (χ0) is 35.8. The minimum Gasteiger partial charge on any atom is -0.504 e. The molecule has 2 fully saturated rings. The lowest BCUT2D eigenvalue weighted by Crippen LogP contribution is -2.60. The van der Waals surface area contributed by atoms with E-state index in [2.05, 4.69) is 0 Å². The molecule has 2 aromatic carbocycles. The van der Waals surface area contributed by atoms with Crippen molar-refractivity contribution in [2.45, 2.75) is 81.1 Å². The Kier molecular flexibility index (Phi) is 12.5. The van der Waals surface area contributed by atoms with Gasteiger partial charge in [0.25, 0.3) is 0 Å². The molecule has 4 atom stereocenters. The van der Waals surface area contributed by atoms with Crippen LogP contribution in [0.3, 0.4) is 0 Å². The Balaban J connectivity index is 1.50. The van der Waals surface area contributed by atoms with Crippen molar-refractivity contribution in [1.29, 1.82) is 0 Å². The fourth-order valence-corrected chi connectivity index (χ4v) is 6.16. The van der Waals surface area contributed by atoms with E-state index in [4.69, 9.17) is 19.9 Å². The number of aliphatic hydroxyl groups is 3. The molecule has 49 heavy (non-hydrogen) atoms. The molecule has 0 heterocycles. The van der Waals surface area contributed by atoms with E-state index in [1.807, 2.05) is 0 Å². The molecule has 14 nitrogen and oxygen atoms in total. The average Bonchev–Trinajstić information content (AvgIpc) is 3.08. The number of aliphatic hydroxyl groups excluding tert-OH is 3. The van der Waals surface area contributed by atoms with Crippen LogP contribution in [-0.4, -0.2) is 103 Å². The van der Waals surface area contributed by atoms with Crippen LogP contribution in [0, 0.1) is 0 Å². The number of aromatic hydroxyl groups is 3. The van der Waals surface area contributed by atoms with E-state index in [-0.39, 0.29) is 48.6 Å². The number of phenols is 3. The lowest BCUT2D eigenvalue weighted by molar-refractivity contribution is -0.227. The lowest BCUT2D eigenvalue weighted by Gasteiger charge is -2.46. The summed E-state index contributed by atoms with van der Waals surface area (Å²) in [5, 5.41) is 71.5. The third-order valence-corrected chi connectivity index (χ3v) is 8.85. The highest BCUT2D eigenvalue weighted by atomic mass is 16.6. The standard InChI is InChI=1S/C35H43NO13/c36-12-13-47-29-8-5-21(14-27(29)41)4-7-24(38)20-48-35(33(45)46)17-28(42)32(44)30(18-35)49-34(10-2-1-3-11-34)31(43)9-6-22-15-25(39)26(40)16-23(22)19-37/h4-9,14-16,28,30,32,37,39-42,44H,1-3,10-13,17-20,36H2,(H,45,46)/t28-,30-,32-,35-/m1/s1. The van der Waals surface area contributed by atoms with Crippen molar-refractivity contribution in [3.8, 4) is 23.0 Å². The molecular weight excluding hydrogens is 642 g/mol. The van der Waals surface area contributed by atoms with Crippen molar-refractivity contribution in [1.82, 2.24) is 0 Å². The Morgan fingerprint density at radius 2 is 1.61 bits per heavy atom. The summed E-state index contributed by atoms with van der Waals surface area (Å²) in [6.45, 7) is -0.711. The normalized spacial score (nSPS) is 23.9. The number of phenolic OH excluding ortho intramolecular Hbond substituents is 3. The summed E-state index contributed by atoms with van der Waals surface area (Å²) >= 11 is 0. The highest BCUT2D eigenvalue weighted by molar-refractivity contribution is 6.00. The molecule has 0 unspecified atom stereocenters. The topological polar surface area (TPSA) is 247 Å². The van der Waals surface area contributed by atoms with E-state index in [0.717, 1.165) is 12.5 Å². The predicted molar refractivity (Wildman–Crippen MR) is 175 cm³/mol. The fourth-order valence-electron chi connectivity index (χ4n) is 6.16. The summed E-state index contributed by atoms with van der Waals surface area (Å²) < 4.78 is 17.2. The van der Waals surface area contributed by atoms with Gasteiger partial charge in [-0.25, -0.2) is 4.79 Å². The van der Waals surface area contributed by atoms with Crippen LogP contribution in [0.1, 0.15) is 61.6 Å². The monoisotopic (exact) mass is 685 g/mol. The second kappa shape index (κ2) is 16.4. The Morgan fingerprint density at radius 1 is 0.898 bits per heavy atom. The molecule has 0 aliphatic heterocycles. The van der Waals surface area contributed by atoms with E-state index >= 15 is 0 Å². The van der Waals surface area contributed by atoms with Gasteiger partial charge in [-0.1, -0.05) is 37.5 Å². The van der Waals surface area contributed by atoms with Crippen molar-refractivity contribution >= 4 is 29.7 Å². The molecule has 2 saturated carbocycles. The number of carbonyl (C=O) groups is 3. The molecule has 0 radical (unpaired) electrons. The lowest BCUT2D eigenvalue weighted by atomic mass is 9.77. The van der Waals surface area contributed by atoms with Crippen LogP contribution in [-0.2, 0) is 30.5 Å². The van der Waals surface area contributed by atoms with Crippen molar-refractivity contribution in [3.63, 3.8) is 0 Å². The molecule has 9 N–H and O–H groups in total. The van der Waals surface area contributed by atoms with Crippen LogP contribution in [0.4, 0.5) is 0 Å². The van der Waals surface area contributed by atoms with Gasteiger partial charge in [-0.05, 0) is 65.9 Å². The molecule has 4 rings (SSSR count). The minimum absolute atomic E-state index is 0.163. The summed E-state index contributed by atoms with van der Waals surface area (Å²) in [5.41, 5.74) is 2.75. The van der Waals surface area contributed by atoms with Gasteiger partial charge in [0.2, 0.25) is 0 Å². The summed E-state index contributed by atoms with van der Waals surface area (Å²) in [4.78, 5) is 39.1. The number of carboxylic acid groups (broad SMARTS) is 1. The number of hydrogen-bond donors (Lipinski definition) is 8. The van der Waals surface area contributed by atoms with Gasteiger partial charge in [0, 0.05) is 19.4 Å². The Labute approximate surface area is 282 Å². The predicted octanol–water partition coefficient (Wildman–Crippen LogP) is 1.94. The first kappa shape index (κ1) is 37.5. The number of hydrogen-bond acceptors (Lipinski definition) is 13. The Morgan fingerprint density at radius 3 is 2.27 bits per heavy atom. The van der Waals surface area contributed by atoms with Crippen LogP contribution in [0.25, 0.3) is 12.2 Å². The van der Waals surface area contributed by atoms with Gasteiger partial charge in [0.1, 0.15) is 24.9 Å².